The number of carbonyl (C=O) groups excluding carboxylic acids is 2. The van der Waals surface area contributed by atoms with Gasteiger partial charge in [0.1, 0.15) is 6.04 Å². The van der Waals surface area contributed by atoms with Crippen LogP contribution in [0.5, 0.6) is 0 Å². The molecule has 1 N–H and O–H groups in total. The first-order valence-corrected chi connectivity index (χ1v) is 7.34. The molecule has 0 bridgehead atoms. The fourth-order valence-corrected chi connectivity index (χ4v) is 3.23. The highest BCUT2D eigenvalue weighted by Gasteiger charge is 2.40. The first-order chi connectivity index (χ1) is 8.93. The van der Waals surface area contributed by atoms with Gasteiger partial charge in [-0.3, -0.25) is 14.5 Å². The monoisotopic (exact) mass is 281 g/mol. The van der Waals surface area contributed by atoms with Crippen LogP contribution in [-0.2, 0) is 16.0 Å². The summed E-state index contributed by atoms with van der Waals surface area (Å²) < 4.78 is 0. The van der Waals surface area contributed by atoms with Gasteiger partial charge in [0, 0.05) is 10.9 Å². The van der Waals surface area contributed by atoms with Gasteiger partial charge in [-0.05, 0) is 27.2 Å². The fourth-order valence-electron chi connectivity index (χ4n) is 2.27. The molecular formula is C13H19N3O2S. The molecule has 19 heavy (non-hydrogen) atoms. The van der Waals surface area contributed by atoms with E-state index in [4.69, 9.17) is 0 Å². The summed E-state index contributed by atoms with van der Waals surface area (Å²) in [5.74, 6) is -0.257. The minimum Gasteiger partial charge on any atom is -0.349 e. The van der Waals surface area contributed by atoms with Gasteiger partial charge in [-0.15, -0.1) is 11.3 Å². The summed E-state index contributed by atoms with van der Waals surface area (Å²) in [4.78, 5) is 30.9. The van der Waals surface area contributed by atoms with Gasteiger partial charge < -0.3 is 5.32 Å². The van der Waals surface area contributed by atoms with E-state index in [2.05, 4.69) is 17.2 Å². The number of nitrogens with one attached hydrogen (secondary N) is 1. The minimum absolute atomic E-state index is 0.0870. The highest BCUT2D eigenvalue weighted by atomic mass is 32.1. The maximum absolute atomic E-state index is 12.1. The second-order valence-corrected chi connectivity index (χ2v) is 6.18. The van der Waals surface area contributed by atoms with Crippen molar-refractivity contribution in [2.75, 3.05) is 5.32 Å². The summed E-state index contributed by atoms with van der Waals surface area (Å²) >= 11 is 1.53. The lowest BCUT2D eigenvalue weighted by Crippen LogP contribution is -2.39. The van der Waals surface area contributed by atoms with E-state index in [9.17, 15) is 9.59 Å². The summed E-state index contributed by atoms with van der Waals surface area (Å²) in [5, 5.41) is 3.82. The van der Waals surface area contributed by atoms with Crippen LogP contribution in [-0.4, -0.2) is 33.8 Å². The molecule has 2 rings (SSSR count). The maximum Gasteiger partial charge on any atom is 0.252 e. The molecule has 1 fully saturated rings. The largest absolute Gasteiger partial charge is 0.349 e. The lowest BCUT2D eigenvalue weighted by atomic mass is 10.2. The maximum atomic E-state index is 12.1. The number of hydrogen-bond acceptors (Lipinski definition) is 5. The Labute approximate surface area is 117 Å². The predicted molar refractivity (Wildman–Crippen MR) is 75.2 cm³/mol. The van der Waals surface area contributed by atoms with Gasteiger partial charge in [0.2, 0.25) is 5.91 Å². The zero-order valence-electron chi connectivity index (χ0n) is 11.7. The molecule has 0 aliphatic carbocycles. The van der Waals surface area contributed by atoms with Crippen LogP contribution in [0.2, 0.25) is 0 Å². The molecule has 0 aromatic carbocycles. The van der Waals surface area contributed by atoms with Crippen LogP contribution < -0.4 is 5.32 Å². The van der Waals surface area contributed by atoms with Crippen LogP contribution in [0.15, 0.2) is 0 Å². The highest BCUT2D eigenvalue weighted by Crippen LogP contribution is 2.26. The Hall–Kier alpha value is -1.43. The molecule has 1 unspecified atom stereocenters. The Balaban J connectivity index is 2.12. The Morgan fingerprint density at radius 2 is 2.16 bits per heavy atom. The average molecular weight is 281 g/mol. The molecule has 104 valence electrons. The third kappa shape index (κ3) is 2.63. The lowest BCUT2D eigenvalue weighted by Gasteiger charge is -2.18. The van der Waals surface area contributed by atoms with E-state index < -0.39 is 6.04 Å². The second-order valence-electron chi connectivity index (χ2n) is 4.97. The molecule has 0 radical (unpaired) electrons. The molecule has 1 aliphatic rings. The topological polar surface area (TPSA) is 62.3 Å². The Morgan fingerprint density at radius 3 is 2.63 bits per heavy atom. The third-order valence-electron chi connectivity index (χ3n) is 3.22. The van der Waals surface area contributed by atoms with Crippen molar-refractivity contribution in [1.29, 1.82) is 0 Å². The van der Waals surface area contributed by atoms with E-state index in [0.29, 0.717) is 0 Å². The number of aryl methyl sites for hydroxylation is 2. The highest BCUT2D eigenvalue weighted by molar-refractivity contribution is 7.15. The summed E-state index contributed by atoms with van der Waals surface area (Å²) in [6, 6.07) is -0.554. The number of hydrogen-bond donors (Lipinski definition) is 1. The molecule has 1 atom stereocenters. The summed E-state index contributed by atoms with van der Waals surface area (Å²) in [5.41, 5.74) is 1.05. The van der Waals surface area contributed by atoms with E-state index in [1.165, 1.54) is 16.2 Å². The van der Waals surface area contributed by atoms with Crippen LogP contribution in [0.25, 0.3) is 0 Å². The molecule has 5 nitrogen and oxygen atoms in total. The number of nitrogens with zero attached hydrogens (tertiary/aromatic N) is 2. The van der Waals surface area contributed by atoms with Crippen LogP contribution in [0, 0.1) is 6.92 Å². The van der Waals surface area contributed by atoms with Crippen molar-refractivity contribution >= 4 is 28.3 Å². The van der Waals surface area contributed by atoms with Crippen LogP contribution in [0.3, 0.4) is 0 Å². The number of rotatable bonds is 4. The molecule has 1 aliphatic heterocycles. The number of anilines is 1. The molecule has 1 aromatic rings. The van der Waals surface area contributed by atoms with Crippen molar-refractivity contribution in [2.24, 2.45) is 0 Å². The number of thiazole rings is 1. The third-order valence-corrected chi connectivity index (χ3v) is 4.17. The van der Waals surface area contributed by atoms with Gasteiger partial charge >= 0.3 is 0 Å². The molecule has 0 saturated carbocycles. The zero-order valence-corrected chi connectivity index (χ0v) is 12.5. The predicted octanol–water partition coefficient (Wildman–Crippen LogP) is 1.96. The van der Waals surface area contributed by atoms with E-state index in [1.54, 1.807) is 0 Å². The Bertz CT molecular complexity index is 510. The number of likely N-dealkylation sites (tertiary alicyclic amines) is 1. The quantitative estimate of drug-likeness (QED) is 0.857. The van der Waals surface area contributed by atoms with Gasteiger partial charge in [-0.1, -0.05) is 6.92 Å². The minimum atomic E-state index is -0.467. The van der Waals surface area contributed by atoms with Crippen molar-refractivity contribution < 1.29 is 9.59 Å². The van der Waals surface area contributed by atoms with Crippen LogP contribution >= 0.6 is 11.3 Å². The van der Waals surface area contributed by atoms with E-state index >= 15 is 0 Å². The van der Waals surface area contributed by atoms with Crippen molar-refractivity contribution in [2.45, 2.75) is 52.6 Å². The van der Waals surface area contributed by atoms with E-state index in [1.807, 2.05) is 20.8 Å². The molecule has 1 aromatic heterocycles. The van der Waals surface area contributed by atoms with E-state index in [0.717, 1.165) is 22.1 Å². The van der Waals surface area contributed by atoms with Gasteiger partial charge in [-0.25, -0.2) is 4.98 Å². The number of aromatic nitrogens is 1. The molecular weight excluding hydrogens is 262 g/mol. The molecule has 1 saturated heterocycles. The zero-order chi connectivity index (χ0) is 14.2. The van der Waals surface area contributed by atoms with Crippen molar-refractivity contribution in [3.05, 3.63) is 10.6 Å². The van der Waals surface area contributed by atoms with Gasteiger partial charge in [0.15, 0.2) is 5.13 Å². The second kappa shape index (κ2) is 5.28. The van der Waals surface area contributed by atoms with Crippen LogP contribution in [0.1, 0.15) is 37.8 Å². The van der Waals surface area contributed by atoms with Gasteiger partial charge in [0.05, 0.1) is 12.1 Å². The van der Waals surface area contributed by atoms with Crippen LogP contribution in [0.4, 0.5) is 5.13 Å². The van der Waals surface area contributed by atoms with Crippen molar-refractivity contribution in [1.82, 2.24) is 9.88 Å². The SMILES string of the molecule is CCc1nc(NC2CC(=O)N(C(C)C)C2=O)sc1C. The summed E-state index contributed by atoms with van der Waals surface area (Å²) in [6.45, 7) is 7.77. The van der Waals surface area contributed by atoms with Crippen molar-refractivity contribution in [3.63, 3.8) is 0 Å². The van der Waals surface area contributed by atoms with Crippen molar-refractivity contribution in [3.8, 4) is 0 Å². The van der Waals surface area contributed by atoms with E-state index in [-0.39, 0.29) is 24.3 Å². The normalized spacial score (nSPS) is 19.6. The smallest absolute Gasteiger partial charge is 0.252 e. The summed E-state index contributed by atoms with van der Waals surface area (Å²) in [6.07, 6.45) is 1.09. The first kappa shape index (κ1) is 14.0. The molecule has 6 heteroatoms. The first-order valence-electron chi connectivity index (χ1n) is 6.52. The fraction of sp³-hybridized carbons (Fsp3) is 0.615. The number of amides is 2. The molecule has 2 amide bonds. The standard InChI is InChI=1S/C13H19N3O2S/c1-5-9-8(4)19-13(14-9)15-10-6-11(17)16(7(2)3)12(10)18/h7,10H,5-6H2,1-4H3,(H,14,15). The van der Waals surface area contributed by atoms with Gasteiger partial charge in [-0.2, -0.15) is 0 Å². The molecule has 2 heterocycles. The average Bonchev–Trinajstić information content (AvgIpc) is 2.80. The number of carbonyl (C=O) groups is 2. The molecule has 0 spiro atoms. The van der Waals surface area contributed by atoms with Gasteiger partial charge in [0.25, 0.3) is 5.91 Å². The number of imide groups is 1. The Kier molecular flexibility index (Phi) is 3.89. The lowest BCUT2D eigenvalue weighted by molar-refractivity contribution is -0.140. The summed E-state index contributed by atoms with van der Waals surface area (Å²) in [7, 11) is 0. The Morgan fingerprint density at radius 1 is 1.47 bits per heavy atom.